The first-order chi connectivity index (χ1) is 10.8. The Hall–Kier alpha value is -0.802. The van der Waals surface area contributed by atoms with Crippen LogP contribution in [0.2, 0.25) is 0 Å². The van der Waals surface area contributed by atoms with Gasteiger partial charge in [-0.05, 0) is 0 Å². The quantitative estimate of drug-likeness (QED) is 0.436. The van der Waals surface area contributed by atoms with Crippen molar-refractivity contribution < 1.29 is 0 Å². The van der Waals surface area contributed by atoms with E-state index in [0.717, 1.165) is 21.9 Å². The molecule has 1 radical (unpaired) electrons. The Labute approximate surface area is 151 Å². The predicted molar refractivity (Wildman–Crippen MR) is 105 cm³/mol. The molecule has 0 aliphatic rings. The number of hydrogen-bond donors (Lipinski definition) is 0. The Morgan fingerprint density at radius 1 is 0.545 bits per heavy atom. The summed E-state index contributed by atoms with van der Waals surface area (Å²) < 4.78 is 0. The van der Waals surface area contributed by atoms with E-state index < -0.39 is 7.26 Å². The first-order valence-corrected chi connectivity index (χ1v) is 13.3. The average molecular weight is 437 g/mol. The van der Waals surface area contributed by atoms with Gasteiger partial charge in [-0.2, -0.15) is 0 Å². The summed E-state index contributed by atoms with van der Waals surface area (Å²) in [6.07, 6.45) is 0. The van der Waals surface area contributed by atoms with E-state index in [9.17, 15) is 0 Å². The molecule has 113 valence electrons. The third kappa shape index (κ3) is 3.75. The number of rotatable bonds is 3. The van der Waals surface area contributed by atoms with Gasteiger partial charge in [0.1, 0.15) is 0 Å². The molecule has 0 saturated heterocycles. The van der Waals surface area contributed by atoms with Crippen LogP contribution in [0.25, 0.3) is 0 Å². The molecule has 0 fully saturated rings. The summed E-state index contributed by atoms with van der Waals surface area (Å²) in [6.45, 7) is 2.44. The fourth-order valence-electron chi connectivity index (χ4n) is 2.81. The van der Waals surface area contributed by atoms with Crippen molar-refractivity contribution >= 4 is 53.9 Å². The molecule has 0 aliphatic carbocycles. The van der Waals surface area contributed by atoms with E-state index in [1.807, 2.05) is 0 Å². The standard InChI is InChI=1S/C19H19P.ClH.Sb.H/c1-20(17-11-5-2-6-12-17,18-13-7-3-8-14-18)19-15-9-4-10-16-19;;;/h2-16,20H,1H3;1H;;/q;;+1;/p-1. The minimum absolute atomic E-state index is 1.02. The molecule has 0 aliphatic heterocycles. The van der Waals surface area contributed by atoms with Gasteiger partial charge in [-0.3, -0.25) is 0 Å². The van der Waals surface area contributed by atoms with Crippen molar-refractivity contribution in [3.8, 4) is 0 Å². The Bertz CT molecular complexity index is 575. The Balaban J connectivity index is 0.000000847. The molecule has 0 aromatic heterocycles. The minimum atomic E-state index is -1.88. The molecule has 0 N–H and O–H groups in total. The molecule has 0 bridgehead atoms. The van der Waals surface area contributed by atoms with Gasteiger partial charge in [0.05, 0.1) is 0 Å². The van der Waals surface area contributed by atoms with E-state index in [1.54, 1.807) is 0 Å². The Morgan fingerprint density at radius 2 is 0.773 bits per heavy atom. The summed E-state index contributed by atoms with van der Waals surface area (Å²) in [5.74, 6) is 0. The van der Waals surface area contributed by atoms with Crippen molar-refractivity contribution in [3.63, 3.8) is 0 Å². The molecule has 0 amide bonds. The summed E-state index contributed by atoms with van der Waals surface area (Å²) in [4.78, 5) is 0. The van der Waals surface area contributed by atoms with Crippen molar-refractivity contribution in [1.29, 1.82) is 0 Å². The summed E-state index contributed by atoms with van der Waals surface area (Å²) in [5, 5.41) is 4.37. The topological polar surface area (TPSA) is 0 Å². The van der Waals surface area contributed by atoms with Gasteiger partial charge in [-0.25, -0.2) is 0 Å². The van der Waals surface area contributed by atoms with Crippen molar-refractivity contribution in [3.05, 3.63) is 91.0 Å². The van der Waals surface area contributed by atoms with Crippen LogP contribution in [0.4, 0.5) is 0 Å². The molecule has 3 aromatic rings. The molecule has 0 atom stereocenters. The van der Waals surface area contributed by atoms with Crippen molar-refractivity contribution in [1.82, 2.24) is 0 Å². The zero-order valence-electron chi connectivity index (χ0n) is 12.5. The second kappa shape index (κ2) is 8.73. The van der Waals surface area contributed by atoms with Crippen LogP contribution in [0.1, 0.15) is 0 Å². The van der Waals surface area contributed by atoms with Gasteiger partial charge in [0, 0.05) is 0 Å². The van der Waals surface area contributed by atoms with Crippen LogP contribution >= 0.6 is 16.1 Å². The van der Waals surface area contributed by atoms with Crippen LogP contribution in [0.3, 0.4) is 0 Å². The monoisotopic (exact) mass is 435 g/mol. The number of hydrogen-bond acceptors (Lipinski definition) is 0. The molecule has 3 aromatic carbocycles. The SMILES string of the molecule is C[PH](c1ccccc1)(c1ccccc1)c1ccccc1.[Cl][SbH]. The third-order valence-electron chi connectivity index (χ3n) is 4.05. The van der Waals surface area contributed by atoms with Gasteiger partial charge in [0.2, 0.25) is 0 Å². The van der Waals surface area contributed by atoms with Crippen molar-refractivity contribution in [2.24, 2.45) is 0 Å². The van der Waals surface area contributed by atoms with Gasteiger partial charge < -0.3 is 0 Å². The van der Waals surface area contributed by atoms with Crippen LogP contribution in [0.5, 0.6) is 0 Å². The van der Waals surface area contributed by atoms with Crippen molar-refractivity contribution in [2.75, 3.05) is 6.66 Å². The maximum absolute atomic E-state index is 4.73. The van der Waals surface area contributed by atoms with Crippen molar-refractivity contribution in [2.45, 2.75) is 0 Å². The predicted octanol–water partition coefficient (Wildman–Crippen LogP) is 3.38. The molecular weight excluding hydrogens is 416 g/mol. The molecular formula is C19H20ClPSb. The average Bonchev–Trinajstić information content (AvgIpc) is 2.65. The van der Waals surface area contributed by atoms with Crippen LogP contribution in [-0.2, 0) is 0 Å². The first-order valence-electron chi connectivity index (χ1n) is 7.17. The van der Waals surface area contributed by atoms with Gasteiger partial charge in [-0.1, -0.05) is 0 Å². The van der Waals surface area contributed by atoms with Crippen LogP contribution in [0.15, 0.2) is 91.0 Å². The van der Waals surface area contributed by atoms with E-state index in [-0.39, 0.29) is 0 Å². The summed E-state index contributed by atoms with van der Waals surface area (Å²) in [6, 6.07) is 32.8. The molecule has 3 heteroatoms. The van der Waals surface area contributed by atoms with Gasteiger partial charge in [-0.15, -0.1) is 0 Å². The number of benzene rings is 3. The molecule has 3 rings (SSSR count). The van der Waals surface area contributed by atoms with E-state index in [1.165, 1.54) is 15.9 Å². The molecule has 0 nitrogen and oxygen atoms in total. The number of halogens is 1. The molecule has 0 heterocycles. The zero-order chi connectivity index (χ0) is 15.8. The maximum atomic E-state index is 4.73. The van der Waals surface area contributed by atoms with E-state index in [2.05, 4.69) is 97.7 Å². The molecule has 0 spiro atoms. The normalized spacial score (nSPS) is 11.2. The summed E-state index contributed by atoms with van der Waals surface area (Å²) in [5.41, 5.74) is 0. The molecule has 22 heavy (non-hydrogen) atoms. The second-order valence-corrected chi connectivity index (χ2v) is 9.21. The van der Waals surface area contributed by atoms with Crippen LogP contribution in [-0.4, -0.2) is 28.5 Å². The second-order valence-electron chi connectivity index (χ2n) is 5.22. The fourth-order valence-corrected chi connectivity index (χ4v) is 6.39. The van der Waals surface area contributed by atoms with E-state index in [0.29, 0.717) is 0 Å². The fraction of sp³-hybridized carbons (Fsp3) is 0.0526. The van der Waals surface area contributed by atoms with E-state index in [4.69, 9.17) is 8.83 Å². The van der Waals surface area contributed by atoms with Crippen LogP contribution in [0, 0.1) is 0 Å². The molecule has 0 unspecified atom stereocenters. The van der Waals surface area contributed by atoms with Gasteiger partial charge in [0.15, 0.2) is 0 Å². The van der Waals surface area contributed by atoms with E-state index >= 15 is 0 Å². The first kappa shape index (κ1) is 17.6. The van der Waals surface area contributed by atoms with Gasteiger partial charge >= 0.3 is 152 Å². The molecule has 0 saturated carbocycles. The third-order valence-corrected chi connectivity index (χ3v) is 8.52. The Kier molecular flexibility index (Phi) is 6.97. The Morgan fingerprint density at radius 3 is 1.00 bits per heavy atom. The summed E-state index contributed by atoms with van der Waals surface area (Å²) in [7, 11) is 2.85. The zero-order valence-corrected chi connectivity index (χ0v) is 17.1. The summed E-state index contributed by atoms with van der Waals surface area (Å²) >= 11 is 1.02. The van der Waals surface area contributed by atoms with Crippen LogP contribution < -0.4 is 15.9 Å². The van der Waals surface area contributed by atoms with Gasteiger partial charge in [0.25, 0.3) is 0 Å².